The Morgan fingerprint density at radius 1 is 1.08 bits per heavy atom. The average molecular weight is 323 g/mol. The van der Waals surface area contributed by atoms with Crippen LogP contribution in [0.25, 0.3) is 11.0 Å². The third-order valence-corrected chi connectivity index (χ3v) is 4.12. The number of aromatic nitrogens is 2. The molecule has 2 aromatic carbocycles. The van der Waals surface area contributed by atoms with E-state index in [1.807, 2.05) is 44.2 Å². The number of ether oxygens (including phenoxy) is 1. The molecule has 0 aliphatic rings. The molecule has 0 amide bonds. The number of fused-ring (bicyclic) bond motifs is 1. The van der Waals surface area contributed by atoms with Gasteiger partial charge in [0.2, 0.25) is 0 Å². The first-order valence-corrected chi connectivity index (χ1v) is 8.26. The molecule has 24 heavy (non-hydrogen) atoms. The summed E-state index contributed by atoms with van der Waals surface area (Å²) in [5, 5.41) is 0. The Balaban J connectivity index is 2.00. The highest BCUT2D eigenvalue weighted by atomic mass is 16.5. The van der Waals surface area contributed by atoms with Gasteiger partial charge in [0.25, 0.3) is 0 Å². The van der Waals surface area contributed by atoms with Crippen molar-refractivity contribution in [1.82, 2.24) is 9.55 Å². The Hall–Kier alpha value is -2.33. The third-order valence-electron chi connectivity index (χ3n) is 4.12. The standard InChI is InChI=1S/C20H25N3O/c1-14-10-17-18(11-15(14)2)23(13-20(3,4)21)19(22-17)12-24-16-8-6-5-7-9-16/h5-11H,12-13,21H2,1-4H3. The lowest BCUT2D eigenvalue weighted by molar-refractivity contribution is 0.285. The van der Waals surface area contributed by atoms with Crippen LogP contribution in [0.1, 0.15) is 30.8 Å². The van der Waals surface area contributed by atoms with Crippen LogP contribution in [0.3, 0.4) is 0 Å². The summed E-state index contributed by atoms with van der Waals surface area (Å²) in [4.78, 5) is 4.80. The van der Waals surface area contributed by atoms with Gasteiger partial charge in [-0.15, -0.1) is 0 Å². The lowest BCUT2D eigenvalue weighted by Gasteiger charge is -2.21. The summed E-state index contributed by atoms with van der Waals surface area (Å²) in [6, 6.07) is 14.1. The quantitative estimate of drug-likeness (QED) is 0.773. The van der Waals surface area contributed by atoms with E-state index in [-0.39, 0.29) is 5.54 Å². The maximum Gasteiger partial charge on any atom is 0.148 e. The molecule has 4 nitrogen and oxygen atoms in total. The van der Waals surface area contributed by atoms with Gasteiger partial charge in [-0.25, -0.2) is 4.98 Å². The topological polar surface area (TPSA) is 53.1 Å². The Labute approximate surface area is 143 Å². The van der Waals surface area contributed by atoms with Crippen LogP contribution in [-0.2, 0) is 13.2 Å². The first kappa shape index (κ1) is 16.5. The molecule has 0 aliphatic heterocycles. The zero-order chi connectivity index (χ0) is 17.3. The molecule has 0 fully saturated rings. The minimum Gasteiger partial charge on any atom is -0.486 e. The summed E-state index contributed by atoms with van der Waals surface area (Å²) >= 11 is 0. The molecule has 3 rings (SSSR count). The molecule has 2 N–H and O–H groups in total. The van der Waals surface area contributed by atoms with Crippen molar-refractivity contribution in [2.45, 2.75) is 46.4 Å². The number of nitrogens with zero attached hydrogens (tertiary/aromatic N) is 2. The molecule has 3 aromatic rings. The summed E-state index contributed by atoms with van der Waals surface area (Å²) in [6.07, 6.45) is 0. The van der Waals surface area contributed by atoms with Crippen molar-refractivity contribution in [3.8, 4) is 5.75 Å². The van der Waals surface area contributed by atoms with Crippen LogP contribution in [0.15, 0.2) is 42.5 Å². The van der Waals surface area contributed by atoms with Crippen molar-refractivity contribution in [1.29, 1.82) is 0 Å². The number of hydrogen-bond donors (Lipinski definition) is 1. The molecule has 0 saturated carbocycles. The molecule has 0 radical (unpaired) electrons. The van der Waals surface area contributed by atoms with Crippen molar-refractivity contribution >= 4 is 11.0 Å². The van der Waals surface area contributed by atoms with E-state index in [9.17, 15) is 0 Å². The summed E-state index contributed by atoms with van der Waals surface area (Å²) in [5.74, 6) is 1.74. The van der Waals surface area contributed by atoms with Gasteiger partial charge in [0.05, 0.1) is 11.0 Å². The maximum absolute atomic E-state index is 6.27. The van der Waals surface area contributed by atoms with Gasteiger partial charge in [-0.2, -0.15) is 0 Å². The first-order chi connectivity index (χ1) is 11.3. The van der Waals surface area contributed by atoms with Gasteiger partial charge >= 0.3 is 0 Å². The van der Waals surface area contributed by atoms with Crippen LogP contribution in [-0.4, -0.2) is 15.1 Å². The highest BCUT2D eigenvalue weighted by molar-refractivity contribution is 5.78. The minimum atomic E-state index is -0.325. The van der Waals surface area contributed by atoms with E-state index >= 15 is 0 Å². The number of para-hydroxylation sites is 1. The van der Waals surface area contributed by atoms with Gasteiger partial charge in [-0.3, -0.25) is 0 Å². The molecule has 1 heterocycles. The highest BCUT2D eigenvalue weighted by Crippen LogP contribution is 2.23. The molecule has 0 bridgehead atoms. The second-order valence-corrected chi connectivity index (χ2v) is 7.13. The molecule has 0 aliphatic carbocycles. The fourth-order valence-electron chi connectivity index (χ4n) is 2.79. The first-order valence-electron chi connectivity index (χ1n) is 8.26. The molecule has 126 valence electrons. The fourth-order valence-corrected chi connectivity index (χ4v) is 2.79. The molecular formula is C20H25N3O. The lowest BCUT2D eigenvalue weighted by atomic mass is 10.1. The van der Waals surface area contributed by atoms with Crippen molar-refractivity contribution in [2.24, 2.45) is 5.73 Å². The fraction of sp³-hybridized carbons (Fsp3) is 0.350. The van der Waals surface area contributed by atoms with E-state index in [2.05, 4.69) is 30.5 Å². The van der Waals surface area contributed by atoms with E-state index in [0.29, 0.717) is 13.2 Å². The van der Waals surface area contributed by atoms with Gasteiger partial charge in [0.15, 0.2) is 0 Å². The van der Waals surface area contributed by atoms with Crippen LogP contribution < -0.4 is 10.5 Å². The van der Waals surface area contributed by atoms with E-state index in [4.69, 9.17) is 15.5 Å². The zero-order valence-electron chi connectivity index (χ0n) is 14.8. The van der Waals surface area contributed by atoms with E-state index in [1.54, 1.807) is 0 Å². The smallest absolute Gasteiger partial charge is 0.148 e. The lowest BCUT2D eigenvalue weighted by Crippen LogP contribution is -2.37. The second-order valence-electron chi connectivity index (χ2n) is 7.13. The van der Waals surface area contributed by atoms with Crippen LogP contribution in [0.4, 0.5) is 0 Å². The Morgan fingerprint density at radius 2 is 1.75 bits per heavy atom. The van der Waals surface area contributed by atoms with Gasteiger partial charge in [0, 0.05) is 12.1 Å². The number of aryl methyl sites for hydroxylation is 2. The third kappa shape index (κ3) is 3.60. The van der Waals surface area contributed by atoms with Crippen LogP contribution in [0.2, 0.25) is 0 Å². The highest BCUT2D eigenvalue weighted by Gasteiger charge is 2.19. The van der Waals surface area contributed by atoms with E-state index < -0.39 is 0 Å². The van der Waals surface area contributed by atoms with Crippen molar-refractivity contribution in [2.75, 3.05) is 0 Å². The van der Waals surface area contributed by atoms with E-state index in [1.165, 1.54) is 11.1 Å². The molecular weight excluding hydrogens is 298 g/mol. The zero-order valence-corrected chi connectivity index (χ0v) is 14.8. The Kier molecular flexibility index (Phi) is 4.33. The van der Waals surface area contributed by atoms with Gasteiger partial charge in [0.1, 0.15) is 18.2 Å². The largest absolute Gasteiger partial charge is 0.486 e. The van der Waals surface area contributed by atoms with E-state index in [0.717, 1.165) is 22.6 Å². The molecule has 0 saturated heterocycles. The molecule has 0 unspecified atom stereocenters. The molecule has 0 atom stereocenters. The Morgan fingerprint density at radius 3 is 2.42 bits per heavy atom. The normalized spacial score (nSPS) is 11.9. The maximum atomic E-state index is 6.27. The monoisotopic (exact) mass is 323 g/mol. The molecule has 4 heteroatoms. The number of nitrogens with two attached hydrogens (primary N) is 1. The average Bonchev–Trinajstić information content (AvgIpc) is 2.82. The van der Waals surface area contributed by atoms with Gasteiger partial charge < -0.3 is 15.0 Å². The summed E-state index contributed by atoms with van der Waals surface area (Å²) < 4.78 is 8.10. The van der Waals surface area contributed by atoms with Crippen LogP contribution in [0, 0.1) is 13.8 Å². The number of rotatable bonds is 5. The Bertz CT molecular complexity index is 845. The molecule has 1 aromatic heterocycles. The SMILES string of the molecule is Cc1cc2nc(COc3ccccc3)n(CC(C)(C)N)c2cc1C. The summed E-state index contributed by atoms with van der Waals surface area (Å²) in [5.41, 5.74) is 10.6. The summed E-state index contributed by atoms with van der Waals surface area (Å²) in [7, 11) is 0. The number of hydrogen-bond acceptors (Lipinski definition) is 3. The summed E-state index contributed by atoms with van der Waals surface area (Å²) in [6.45, 7) is 9.41. The number of imidazole rings is 1. The predicted molar refractivity (Wildman–Crippen MR) is 98.2 cm³/mol. The van der Waals surface area contributed by atoms with Crippen molar-refractivity contribution in [3.63, 3.8) is 0 Å². The van der Waals surface area contributed by atoms with Gasteiger partial charge in [-0.1, -0.05) is 18.2 Å². The van der Waals surface area contributed by atoms with Crippen LogP contribution in [0.5, 0.6) is 5.75 Å². The van der Waals surface area contributed by atoms with Crippen molar-refractivity contribution in [3.05, 3.63) is 59.4 Å². The van der Waals surface area contributed by atoms with Gasteiger partial charge in [-0.05, 0) is 63.1 Å². The van der Waals surface area contributed by atoms with Crippen molar-refractivity contribution < 1.29 is 4.74 Å². The second kappa shape index (κ2) is 6.29. The number of benzene rings is 2. The van der Waals surface area contributed by atoms with Crippen LogP contribution >= 0.6 is 0 Å². The predicted octanol–water partition coefficient (Wildman–Crippen LogP) is 3.97. The molecule has 0 spiro atoms. The minimum absolute atomic E-state index is 0.325.